The summed E-state index contributed by atoms with van der Waals surface area (Å²) in [7, 11) is 1.32. The van der Waals surface area contributed by atoms with Crippen LogP contribution >= 0.6 is 11.6 Å². The van der Waals surface area contributed by atoms with Crippen LogP contribution in [0.15, 0.2) is 12.4 Å². The summed E-state index contributed by atoms with van der Waals surface area (Å²) in [6, 6.07) is -0.549. The fraction of sp³-hybridized carbons (Fsp3) is 0.500. The van der Waals surface area contributed by atoms with E-state index in [1.807, 2.05) is 0 Å². The molecule has 102 valence electrons. The van der Waals surface area contributed by atoms with Crippen LogP contribution in [0.25, 0.3) is 0 Å². The van der Waals surface area contributed by atoms with Crippen molar-refractivity contribution in [1.82, 2.24) is 14.9 Å². The van der Waals surface area contributed by atoms with Crippen LogP contribution in [0.1, 0.15) is 29.8 Å². The summed E-state index contributed by atoms with van der Waals surface area (Å²) in [5.74, 6) is -0.742. The molecule has 0 spiro atoms. The van der Waals surface area contributed by atoms with Crippen LogP contribution in [0.5, 0.6) is 0 Å². The predicted octanol–water partition coefficient (Wildman–Crippen LogP) is 1.30. The average molecular weight is 284 g/mol. The third-order valence-electron chi connectivity index (χ3n) is 3.06. The number of likely N-dealkylation sites (tertiary alicyclic amines) is 1. The summed E-state index contributed by atoms with van der Waals surface area (Å²) < 4.78 is 4.73. The molecule has 2 rings (SSSR count). The maximum atomic E-state index is 12.3. The molecule has 2 heterocycles. The van der Waals surface area contributed by atoms with E-state index in [0.29, 0.717) is 13.0 Å². The number of amides is 1. The third-order valence-corrected chi connectivity index (χ3v) is 3.24. The van der Waals surface area contributed by atoms with Crippen LogP contribution in [0.4, 0.5) is 0 Å². The van der Waals surface area contributed by atoms with E-state index in [9.17, 15) is 9.59 Å². The number of esters is 1. The van der Waals surface area contributed by atoms with Crippen molar-refractivity contribution in [2.45, 2.75) is 25.3 Å². The Kier molecular flexibility index (Phi) is 4.31. The number of hydrogen-bond donors (Lipinski definition) is 0. The van der Waals surface area contributed by atoms with Crippen LogP contribution < -0.4 is 0 Å². The van der Waals surface area contributed by atoms with Gasteiger partial charge in [0.25, 0.3) is 5.91 Å². The lowest BCUT2D eigenvalue weighted by molar-refractivity contribution is -0.147. The van der Waals surface area contributed by atoms with E-state index in [-0.39, 0.29) is 16.8 Å². The van der Waals surface area contributed by atoms with Gasteiger partial charge in [-0.2, -0.15) is 0 Å². The Morgan fingerprint density at radius 1 is 1.42 bits per heavy atom. The number of halogens is 1. The second-order valence-electron chi connectivity index (χ2n) is 4.26. The zero-order chi connectivity index (χ0) is 13.8. The molecule has 0 aromatic carbocycles. The Morgan fingerprint density at radius 3 is 2.89 bits per heavy atom. The molecule has 1 fully saturated rings. The van der Waals surface area contributed by atoms with Crippen molar-refractivity contribution < 1.29 is 14.3 Å². The van der Waals surface area contributed by atoms with E-state index in [0.717, 1.165) is 12.8 Å². The first-order valence-electron chi connectivity index (χ1n) is 6.00. The number of rotatable bonds is 2. The van der Waals surface area contributed by atoms with E-state index >= 15 is 0 Å². The number of methoxy groups -OCH3 is 1. The normalized spacial score (nSPS) is 19.1. The molecular weight excluding hydrogens is 270 g/mol. The molecule has 7 heteroatoms. The second-order valence-corrected chi connectivity index (χ2v) is 4.65. The Hall–Kier alpha value is -1.69. The maximum Gasteiger partial charge on any atom is 0.328 e. The zero-order valence-electron chi connectivity index (χ0n) is 10.5. The summed E-state index contributed by atoms with van der Waals surface area (Å²) in [5, 5.41) is 0.150. The number of aromatic nitrogens is 2. The fourth-order valence-electron chi connectivity index (χ4n) is 2.15. The van der Waals surface area contributed by atoms with Gasteiger partial charge in [0.2, 0.25) is 0 Å². The van der Waals surface area contributed by atoms with Crippen LogP contribution in [-0.4, -0.2) is 46.4 Å². The molecule has 6 nitrogen and oxygen atoms in total. The fourth-order valence-corrected chi connectivity index (χ4v) is 2.30. The van der Waals surface area contributed by atoms with Gasteiger partial charge in [0.15, 0.2) is 0 Å². The lowest BCUT2D eigenvalue weighted by Gasteiger charge is -2.33. The molecule has 1 amide bonds. The maximum absolute atomic E-state index is 12.3. The molecule has 0 saturated carbocycles. The second kappa shape index (κ2) is 5.97. The van der Waals surface area contributed by atoms with E-state index in [1.54, 1.807) is 0 Å². The van der Waals surface area contributed by atoms with Gasteiger partial charge in [-0.15, -0.1) is 0 Å². The average Bonchev–Trinajstić information content (AvgIpc) is 2.45. The number of nitrogens with zero attached hydrogens (tertiary/aromatic N) is 3. The lowest BCUT2D eigenvalue weighted by Crippen LogP contribution is -2.48. The molecule has 1 aliphatic heterocycles. The highest BCUT2D eigenvalue weighted by Crippen LogP contribution is 2.20. The summed E-state index contributed by atoms with van der Waals surface area (Å²) in [5.41, 5.74) is 0.142. The summed E-state index contributed by atoms with van der Waals surface area (Å²) in [4.78, 5) is 33.3. The van der Waals surface area contributed by atoms with Gasteiger partial charge < -0.3 is 9.64 Å². The van der Waals surface area contributed by atoms with Gasteiger partial charge >= 0.3 is 5.97 Å². The van der Waals surface area contributed by atoms with E-state index < -0.39 is 12.0 Å². The minimum absolute atomic E-state index is 0.142. The van der Waals surface area contributed by atoms with Crippen molar-refractivity contribution in [2.75, 3.05) is 13.7 Å². The first-order valence-corrected chi connectivity index (χ1v) is 6.37. The predicted molar refractivity (Wildman–Crippen MR) is 67.7 cm³/mol. The molecule has 0 bridgehead atoms. The summed E-state index contributed by atoms with van der Waals surface area (Å²) in [6.45, 7) is 0.507. The quantitative estimate of drug-likeness (QED) is 0.765. The van der Waals surface area contributed by atoms with Crippen LogP contribution in [0.2, 0.25) is 5.15 Å². The van der Waals surface area contributed by atoms with Gasteiger partial charge in [-0.1, -0.05) is 11.6 Å². The zero-order valence-corrected chi connectivity index (χ0v) is 11.3. The van der Waals surface area contributed by atoms with Crippen molar-refractivity contribution in [2.24, 2.45) is 0 Å². The molecule has 1 unspecified atom stereocenters. The Balaban J connectivity index is 2.22. The standard InChI is InChI=1S/C12H14ClN3O3/c1-19-12(18)9-4-2-3-5-16(9)11(17)8-6-14-7-10(13)15-8/h6-7,9H,2-5H2,1H3. The van der Waals surface area contributed by atoms with Crippen molar-refractivity contribution in [3.8, 4) is 0 Å². The van der Waals surface area contributed by atoms with Crippen molar-refractivity contribution in [3.05, 3.63) is 23.2 Å². The van der Waals surface area contributed by atoms with Gasteiger partial charge in [-0.25, -0.2) is 9.78 Å². The number of carbonyl (C=O) groups is 2. The van der Waals surface area contributed by atoms with Gasteiger partial charge in [-0.3, -0.25) is 9.78 Å². The molecule has 0 N–H and O–H groups in total. The lowest BCUT2D eigenvalue weighted by atomic mass is 10.0. The number of piperidine rings is 1. The summed E-state index contributed by atoms with van der Waals surface area (Å²) in [6.07, 6.45) is 5.05. The third kappa shape index (κ3) is 3.01. The molecule has 19 heavy (non-hydrogen) atoms. The van der Waals surface area contributed by atoms with Gasteiger partial charge in [0, 0.05) is 6.54 Å². The van der Waals surface area contributed by atoms with E-state index in [2.05, 4.69) is 9.97 Å². The molecule has 1 aromatic rings. The Bertz CT molecular complexity index is 495. The van der Waals surface area contributed by atoms with Gasteiger partial charge in [-0.05, 0) is 19.3 Å². The summed E-state index contributed by atoms with van der Waals surface area (Å²) >= 11 is 5.72. The molecule has 1 aliphatic rings. The first-order chi connectivity index (χ1) is 9.13. The van der Waals surface area contributed by atoms with E-state index in [4.69, 9.17) is 16.3 Å². The van der Waals surface area contributed by atoms with E-state index in [1.165, 1.54) is 24.4 Å². The van der Waals surface area contributed by atoms with Crippen molar-refractivity contribution in [3.63, 3.8) is 0 Å². The number of carbonyl (C=O) groups excluding carboxylic acids is 2. The number of ether oxygens (including phenoxy) is 1. The Morgan fingerprint density at radius 2 is 2.21 bits per heavy atom. The van der Waals surface area contributed by atoms with Crippen LogP contribution in [0, 0.1) is 0 Å². The SMILES string of the molecule is COC(=O)C1CCCCN1C(=O)c1cncc(Cl)n1. The highest BCUT2D eigenvalue weighted by Gasteiger charge is 2.33. The molecule has 0 aliphatic carbocycles. The van der Waals surface area contributed by atoms with Gasteiger partial charge in [0.1, 0.15) is 16.9 Å². The largest absolute Gasteiger partial charge is 0.467 e. The minimum atomic E-state index is -0.549. The smallest absolute Gasteiger partial charge is 0.328 e. The molecular formula is C12H14ClN3O3. The monoisotopic (exact) mass is 283 g/mol. The van der Waals surface area contributed by atoms with Crippen molar-refractivity contribution in [1.29, 1.82) is 0 Å². The first kappa shape index (κ1) is 13.7. The molecule has 1 saturated heterocycles. The molecule has 1 aromatic heterocycles. The van der Waals surface area contributed by atoms with Crippen LogP contribution in [0.3, 0.4) is 0 Å². The highest BCUT2D eigenvalue weighted by atomic mass is 35.5. The number of hydrogen-bond acceptors (Lipinski definition) is 5. The van der Waals surface area contributed by atoms with Gasteiger partial charge in [0.05, 0.1) is 19.5 Å². The highest BCUT2D eigenvalue weighted by molar-refractivity contribution is 6.29. The van der Waals surface area contributed by atoms with Crippen molar-refractivity contribution >= 4 is 23.5 Å². The minimum Gasteiger partial charge on any atom is -0.467 e. The molecule has 0 radical (unpaired) electrons. The molecule has 1 atom stereocenters. The Labute approximate surface area is 115 Å². The topological polar surface area (TPSA) is 72.4 Å². The van der Waals surface area contributed by atoms with Crippen LogP contribution in [-0.2, 0) is 9.53 Å².